The van der Waals surface area contributed by atoms with E-state index < -0.39 is 30.5 Å². The van der Waals surface area contributed by atoms with Gasteiger partial charge in [-0.2, -0.15) is 0 Å². The summed E-state index contributed by atoms with van der Waals surface area (Å²) in [4.78, 5) is 31.6. The zero-order chi connectivity index (χ0) is 11.8. The number of aliphatic carboxylic acids is 2. The van der Waals surface area contributed by atoms with Crippen LogP contribution in [0, 0.1) is 0 Å². The fraction of sp³-hybridized carbons (Fsp3) is 0.375. The predicted octanol–water partition coefficient (Wildman–Crippen LogP) is -0.174. The van der Waals surface area contributed by atoms with Gasteiger partial charge in [0, 0.05) is 0 Å². The van der Waals surface area contributed by atoms with Crippen molar-refractivity contribution in [2.45, 2.75) is 12.5 Å². The largest absolute Gasteiger partial charge is 0.481 e. The summed E-state index contributed by atoms with van der Waals surface area (Å²) in [5.74, 6) is -2.76. The van der Waals surface area contributed by atoms with E-state index in [-0.39, 0.29) is 6.61 Å². The van der Waals surface area contributed by atoms with Gasteiger partial charge in [0.2, 0.25) is 0 Å². The number of hydrogen-bond donors (Lipinski definition) is 3. The smallest absolute Gasteiger partial charge is 0.408 e. The number of hydrogen-bond acceptors (Lipinski definition) is 4. The number of amides is 1. The molecule has 0 saturated carbocycles. The van der Waals surface area contributed by atoms with Gasteiger partial charge in [0.15, 0.2) is 0 Å². The van der Waals surface area contributed by atoms with E-state index in [1.54, 1.807) is 0 Å². The van der Waals surface area contributed by atoms with Crippen LogP contribution in [0.1, 0.15) is 6.42 Å². The molecule has 0 fully saturated rings. The predicted molar refractivity (Wildman–Crippen MR) is 48.4 cm³/mol. The van der Waals surface area contributed by atoms with Gasteiger partial charge in [-0.1, -0.05) is 12.7 Å². The summed E-state index contributed by atoms with van der Waals surface area (Å²) in [6, 6.07) is -1.50. The maximum Gasteiger partial charge on any atom is 0.408 e. The van der Waals surface area contributed by atoms with Gasteiger partial charge in [0.05, 0.1) is 6.42 Å². The van der Waals surface area contributed by atoms with Gasteiger partial charge in [0.1, 0.15) is 12.6 Å². The Morgan fingerprint density at radius 3 is 2.40 bits per heavy atom. The Balaban J connectivity index is 4.16. The third-order valence-corrected chi connectivity index (χ3v) is 1.30. The average molecular weight is 217 g/mol. The zero-order valence-corrected chi connectivity index (χ0v) is 7.80. The highest BCUT2D eigenvalue weighted by molar-refractivity contribution is 5.84. The second kappa shape index (κ2) is 6.41. The lowest BCUT2D eigenvalue weighted by Crippen LogP contribution is -2.42. The van der Waals surface area contributed by atoms with E-state index in [0.717, 1.165) is 0 Å². The number of rotatable bonds is 6. The van der Waals surface area contributed by atoms with Crippen LogP contribution in [0.3, 0.4) is 0 Å². The molecule has 1 unspecified atom stereocenters. The summed E-state index contributed by atoms with van der Waals surface area (Å²) in [5.41, 5.74) is 0. The molecule has 0 radical (unpaired) electrons. The Hall–Kier alpha value is -2.05. The summed E-state index contributed by atoms with van der Waals surface area (Å²) >= 11 is 0. The van der Waals surface area contributed by atoms with Gasteiger partial charge in [-0.25, -0.2) is 9.59 Å². The van der Waals surface area contributed by atoms with Crippen molar-refractivity contribution < 1.29 is 29.3 Å². The van der Waals surface area contributed by atoms with Crippen molar-refractivity contribution >= 4 is 18.0 Å². The zero-order valence-electron chi connectivity index (χ0n) is 7.80. The standard InChI is InChI=1S/C8H11NO6/c1-2-3-15-8(14)9-5(7(12)13)4-6(10)11/h2,5H,1,3-4H2,(H,9,14)(H,10,11)(H,12,13). The van der Waals surface area contributed by atoms with Crippen LogP contribution in [0.25, 0.3) is 0 Å². The number of carboxylic acids is 2. The van der Waals surface area contributed by atoms with E-state index in [2.05, 4.69) is 11.3 Å². The molecule has 0 aromatic heterocycles. The van der Waals surface area contributed by atoms with Crippen LogP contribution in [-0.2, 0) is 14.3 Å². The third kappa shape index (κ3) is 6.08. The number of alkyl carbamates (subject to hydrolysis) is 1. The first-order valence-corrected chi connectivity index (χ1v) is 3.96. The number of nitrogens with one attached hydrogen (secondary N) is 1. The van der Waals surface area contributed by atoms with Crippen LogP contribution in [0.15, 0.2) is 12.7 Å². The molecule has 0 aliphatic rings. The van der Waals surface area contributed by atoms with Gasteiger partial charge in [-0.15, -0.1) is 0 Å². The molecule has 15 heavy (non-hydrogen) atoms. The van der Waals surface area contributed by atoms with Crippen molar-refractivity contribution in [3.05, 3.63) is 12.7 Å². The fourth-order valence-corrected chi connectivity index (χ4v) is 0.693. The molecule has 84 valence electrons. The Bertz CT molecular complexity index is 274. The van der Waals surface area contributed by atoms with E-state index in [1.807, 2.05) is 5.32 Å². The molecule has 7 nitrogen and oxygen atoms in total. The Morgan fingerprint density at radius 1 is 1.40 bits per heavy atom. The van der Waals surface area contributed by atoms with Crippen molar-refractivity contribution in [1.29, 1.82) is 0 Å². The summed E-state index contributed by atoms with van der Waals surface area (Å²) in [6.07, 6.45) is -0.408. The third-order valence-electron chi connectivity index (χ3n) is 1.30. The van der Waals surface area contributed by atoms with E-state index in [1.165, 1.54) is 6.08 Å². The fourth-order valence-electron chi connectivity index (χ4n) is 0.693. The molecule has 0 aromatic carbocycles. The molecule has 0 saturated heterocycles. The Labute approximate surface area is 85.3 Å². The van der Waals surface area contributed by atoms with E-state index >= 15 is 0 Å². The van der Waals surface area contributed by atoms with Crippen molar-refractivity contribution in [2.75, 3.05) is 6.61 Å². The molecule has 0 spiro atoms. The highest BCUT2D eigenvalue weighted by atomic mass is 16.5. The molecule has 0 rings (SSSR count). The van der Waals surface area contributed by atoms with Crippen molar-refractivity contribution in [1.82, 2.24) is 5.32 Å². The van der Waals surface area contributed by atoms with Crippen LogP contribution in [-0.4, -0.2) is 40.9 Å². The molecule has 0 aromatic rings. The monoisotopic (exact) mass is 217 g/mol. The van der Waals surface area contributed by atoms with Gasteiger partial charge in [-0.3, -0.25) is 4.79 Å². The lowest BCUT2D eigenvalue weighted by Gasteiger charge is -2.11. The summed E-state index contributed by atoms with van der Waals surface area (Å²) in [6.45, 7) is 3.20. The van der Waals surface area contributed by atoms with E-state index in [4.69, 9.17) is 10.2 Å². The number of carbonyl (C=O) groups is 3. The van der Waals surface area contributed by atoms with E-state index in [9.17, 15) is 14.4 Å². The first kappa shape index (κ1) is 12.9. The number of carboxylic acid groups (broad SMARTS) is 2. The van der Waals surface area contributed by atoms with Crippen LogP contribution in [0.2, 0.25) is 0 Å². The molecule has 7 heteroatoms. The van der Waals surface area contributed by atoms with Crippen molar-refractivity contribution in [3.63, 3.8) is 0 Å². The molecule has 0 aliphatic carbocycles. The van der Waals surface area contributed by atoms with Crippen LogP contribution >= 0.6 is 0 Å². The maximum atomic E-state index is 10.9. The highest BCUT2D eigenvalue weighted by Gasteiger charge is 2.23. The minimum Gasteiger partial charge on any atom is -0.481 e. The van der Waals surface area contributed by atoms with Gasteiger partial charge in [0.25, 0.3) is 0 Å². The summed E-state index contributed by atoms with van der Waals surface area (Å²) in [5, 5.41) is 18.8. The molecule has 1 atom stereocenters. The molecule has 0 bridgehead atoms. The second-order valence-electron chi connectivity index (χ2n) is 2.52. The van der Waals surface area contributed by atoms with Gasteiger partial charge in [-0.05, 0) is 0 Å². The lowest BCUT2D eigenvalue weighted by atomic mass is 10.2. The quantitative estimate of drug-likeness (QED) is 0.532. The normalized spacial score (nSPS) is 11.2. The first-order chi connectivity index (χ1) is 6.97. The number of ether oxygens (including phenoxy) is 1. The minimum atomic E-state index is -1.50. The second-order valence-corrected chi connectivity index (χ2v) is 2.52. The summed E-state index contributed by atoms with van der Waals surface area (Å²) < 4.78 is 4.43. The van der Waals surface area contributed by atoms with Crippen molar-refractivity contribution in [2.24, 2.45) is 0 Å². The highest BCUT2D eigenvalue weighted by Crippen LogP contribution is 1.93. The SMILES string of the molecule is C=CCOC(=O)NC(CC(=O)O)C(=O)O. The molecule has 0 heterocycles. The first-order valence-electron chi connectivity index (χ1n) is 3.96. The van der Waals surface area contributed by atoms with Crippen LogP contribution in [0.5, 0.6) is 0 Å². The van der Waals surface area contributed by atoms with Crippen LogP contribution in [0.4, 0.5) is 4.79 Å². The van der Waals surface area contributed by atoms with Crippen LogP contribution < -0.4 is 5.32 Å². The minimum absolute atomic E-state index is 0.0781. The van der Waals surface area contributed by atoms with Gasteiger partial charge < -0.3 is 20.3 Å². The molecular weight excluding hydrogens is 206 g/mol. The topological polar surface area (TPSA) is 113 Å². The maximum absolute atomic E-state index is 10.9. The number of carbonyl (C=O) groups excluding carboxylic acids is 1. The molecule has 1 amide bonds. The van der Waals surface area contributed by atoms with E-state index in [0.29, 0.717) is 0 Å². The van der Waals surface area contributed by atoms with Crippen molar-refractivity contribution in [3.8, 4) is 0 Å². The molecular formula is C8H11NO6. The van der Waals surface area contributed by atoms with Gasteiger partial charge >= 0.3 is 18.0 Å². The molecule has 3 N–H and O–H groups in total. The molecule has 0 aliphatic heterocycles. The summed E-state index contributed by atoms with van der Waals surface area (Å²) in [7, 11) is 0. The Morgan fingerprint density at radius 2 is 2.00 bits per heavy atom. The average Bonchev–Trinajstić information content (AvgIpc) is 2.12. The Kier molecular flexibility index (Phi) is 5.53. The lowest BCUT2D eigenvalue weighted by molar-refractivity contribution is -0.145.